The summed E-state index contributed by atoms with van der Waals surface area (Å²) in [5.74, 6) is 0.0771. The lowest BCUT2D eigenvalue weighted by atomic mass is 9.46. The fourth-order valence-electron chi connectivity index (χ4n) is 6.46. The van der Waals surface area contributed by atoms with Crippen LogP contribution in [0.1, 0.15) is 69.7 Å². The lowest BCUT2D eigenvalue weighted by Crippen LogP contribution is -2.58. The molecule has 1 aromatic rings. The minimum Gasteiger partial charge on any atom is -0.458 e. The van der Waals surface area contributed by atoms with E-state index >= 15 is 0 Å². The summed E-state index contributed by atoms with van der Waals surface area (Å²) in [6, 6.07) is 9.14. The van der Waals surface area contributed by atoms with E-state index in [1.807, 2.05) is 24.3 Å². The van der Waals surface area contributed by atoms with E-state index in [1.165, 1.54) is 5.57 Å². The van der Waals surface area contributed by atoms with Gasteiger partial charge in [-0.15, -0.1) is 0 Å². The Morgan fingerprint density at radius 1 is 1.23 bits per heavy atom. The van der Waals surface area contributed by atoms with Crippen molar-refractivity contribution in [1.29, 1.82) is 0 Å². The Balaban J connectivity index is 1.91. The second-order valence-corrected chi connectivity index (χ2v) is 10.1. The molecule has 0 saturated heterocycles. The zero-order valence-electron chi connectivity index (χ0n) is 19.3. The normalized spacial score (nSPS) is 33.6. The number of carbonyl (C=O) groups excluding carboxylic acids is 1. The van der Waals surface area contributed by atoms with Gasteiger partial charge in [0.05, 0.1) is 12.2 Å². The number of benzene rings is 1. The number of rotatable bonds is 7. The molecule has 0 heterocycles. The van der Waals surface area contributed by atoms with Crippen molar-refractivity contribution in [3.05, 3.63) is 59.7 Å². The van der Waals surface area contributed by atoms with Gasteiger partial charge in [-0.1, -0.05) is 62.3 Å². The molecule has 4 nitrogen and oxygen atoms in total. The largest absolute Gasteiger partial charge is 0.458 e. The highest BCUT2D eigenvalue weighted by molar-refractivity contribution is 5.89. The summed E-state index contributed by atoms with van der Waals surface area (Å²) in [7, 11) is 0. The minimum absolute atomic E-state index is 0.0669. The Labute approximate surface area is 187 Å². The third-order valence-corrected chi connectivity index (χ3v) is 7.94. The van der Waals surface area contributed by atoms with E-state index in [4.69, 9.17) is 4.74 Å². The maximum Gasteiger partial charge on any atom is 0.338 e. The summed E-state index contributed by atoms with van der Waals surface area (Å²) >= 11 is 0. The lowest BCUT2D eigenvalue weighted by Gasteiger charge is -2.60. The highest BCUT2D eigenvalue weighted by atomic mass is 16.5. The van der Waals surface area contributed by atoms with Gasteiger partial charge in [0.2, 0.25) is 0 Å². The Morgan fingerprint density at radius 2 is 1.94 bits per heavy atom. The summed E-state index contributed by atoms with van der Waals surface area (Å²) in [5.41, 5.74) is 2.51. The van der Waals surface area contributed by atoms with E-state index in [9.17, 15) is 15.0 Å². The maximum absolute atomic E-state index is 12.9. The van der Waals surface area contributed by atoms with Crippen molar-refractivity contribution in [2.75, 3.05) is 13.2 Å². The molecule has 5 atom stereocenters. The first kappa shape index (κ1) is 23.7. The molecule has 1 unspecified atom stereocenters. The number of hydrogen-bond acceptors (Lipinski definition) is 4. The van der Waals surface area contributed by atoms with Crippen LogP contribution in [0.15, 0.2) is 54.1 Å². The highest BCUT2D eigenvalue weighted by Crippen LogP contribution is 2.62. The average Bonchev–Trinajstić information content (AvgIpc) is 2.73. The van der Waals surface area contributed by atoms with Crippen molar-refractivity contribution in [3.8, 4) is 0 Å². The van der Waals surface area contributed by atoms with Crippen LogP contribution in [0, 0.1) is 22.7 Å². The molecular formula is C27H38O4. The predicted molar refractivity (Wildman–Crippen MR) is 124 cm³/mol. The summed E-state index contributed by atoms with van der Waals surface area (Å²) in [6.07, 6.45) is 7.14. The number of ether oxygens (including phenoxy) is 1. The minimum atomic E-state index is -0.299. The first-order chi connectivity index (χ1) is 14.7. The fraction of sp³-hybridized carbons (Fsp3) is 0.593. The molecule has 2 aliphatic carbocycles. The van der Waals surface area contributed by atoms with Gasteiger partial charge >= 0.3 is 5.97 Å². The van der Waals surface area contributed by atoms with Gasteiger partial charge in [-0.05, 0) is 61.5 Å². The van der Waals surface area contributed by atoms with E-state index in [1.54, 1.807) is 12.1 Å². The Morgan fingerprint density at radius 3 is 2.58 bits per heavy atom. The molecule has 170 valence electrons. The Kier molecular flexibility index (Phi) is 7.43. The molecule has 0 radical (unpaired) electrons. The second kappa shape index (κ2) is 9.70. The first-order valence-corrected chi connectivity index (χ1v) is 11.6. The summed E-state index contributed by atoms with van der Waals surface area (Å²) in [6.45, 7) is 11.1. The van der Waals surface area contributed by atoms with Crippen LogP contribution in [0.4, 0.5) is 0 Å². The molecule has 0 amide bonds. The number of aliphatic hydroxyl groups excluding tert-OH is 2. The van der Waals surface area contributed by atoms with Crippen molar-refractivity contribution in [1.82, 2.24) is 0 Å². The van der Waals surface area contributed by atoms with E-state index in [-0.39, 0.29) is 42.0 Å². The molecule has 2 aliphatic rings. The molecule has 0 aromatic heterocycles. The standard InChI is InChI=1S/C27H38O4/c1-19(13-16-28)11-12-22-20(2)17-23(31-25(30)21-9-6-5-7-10-21)24-26(3,18-29)14-8-15-27(22,24)4/h5-7,9-10,13,22-24,28-29H,2,8,11-12,14-18H2,1,3-4H3/b19-13+/t22-,23+,24?,26-,27+/m0/s1. The predicted octanol–water partition coefficient (Wildman–Crippen LogP) is 5.31. The second-order valence-electron chi connectivity index (χ2n) is 10.1. The molecule has 2 fully saturated rings. The van der Waals surface area contributed by atoms with Crippen LogP contribution in [0.25, 0.3) is 0 Å². The zero-order valence-corrected chi connectivity index (χ0v) is 19.3. The number of allylic oxidation sites excluding steroid dienone is 1. The van der Waals surface area contributed by atoms with Crippen molar-refractivity contribution < 1.29 is 19.7 Å². The van der Waals surface area contributed by atoms with Gasteiger partial charge in [-0.2, -0.15) is 0 Å². The highest BCUT2D eigenvalue weighted by Gasteiger charge is 2.59. The number of hydrogen-bond donors (Lipinski definition) is 2. The topological polar surface area (TPSA) is 66.8 Å². The molecule has 3 rings (SSSR count). The molecule has 0 bridgehead atoms. The van der Waals surface area contributed by atoms with E-state index < -0.39 is 0 Å². The van der Waals surface area contributed by atoms with Crippen LogP contribution in [0.2, 0.25) is 0 Å². The molecular weight excluding hydrogens is 388 g/mol. The quantitative estimate of drug-likeness (QED) is 0.458. The molecule has 2 saturated carbocycles. The van der Waals surface area contributed by atoms with Crippen LogP contribution in [0.3, 0.4) is 0 Å². The smallest absolute Gasteiger partial charge is 0.338 e. The number of esters is 1. The van der Waals surface area contributed by atoms with E-state index in [0.717, 1.165) is 37.7 Å². The SMILES string of the molecule is C=C1C[C@@H](OC(=O)c2ccccc2)C2[C@](C)(CO)CCC[C@]2(C)[C@H]1CC/C(C)=C/CO. The van der Waals surface area contributed by atoms with Crippen LogP contribution in [0.5, 0.6) is 0 Å². The number of carbonyl (C=O) groups is 1. The zero-order chi connectivity index (χ0) is 22.6. The summed E-state index contributed by atoms with van der Waals surface area (Å²) < 4.78 is 6.14. The molecule has 0 aliphatic heterocycles. The average molecular weight is 427 g/mol. The van der Waals surface area contributed by atoms with Gasteiger partial charge in [0.15, 0.2) is 0 Å². The van der Waals surface area contributed by atoms with Crippen LogP contribution >= 0.6 is 0 Å². The van der Waals surface area contributed by atoms with Crippen molar-refractivity contribution >= 4 is 5.97 Å². The summed E-state index contributed by atoms with van der Waals surface area (Å²) in [4.78, 5) is 12.9. The van der Waals surface area contributed by atoms with Crippen molar-refractivity contribution in [2.45, 2.75) is 65.4 Å². The third kappa shape index (κ3) is 4.80. The van der Waals surface area contributed by atoms with Gasteiger partial charge in [0.1, 0.15) is 6.10 Å². The Hall–Kier alpha value is -1.91. The number of aliphatic hydroxyl groups is 2. The monoisotopic (exact) mass is 426 g/mol. The van der Waals surface area contributed by atoms with Gasteiger partial charge in [-0.25, -0.2) is 4.79 Å². The fourth-order valence-corrected chi connectivity index (χ4v) is 6.46. The number of fused-ring (bicyclic) bond motifs is 1. The third-order valence-electron chi connectivity index (χ3n) is 7.94. The van der Waals surface area contributed by atoms with Crippen LogP contribution < -0.4 is 0 Å². The van der Waals surface area contributed by atoms with Gasteiger partial charge < -0.3 is 14.9 Å². The van der Waals surface area contributed by atoms with Crippen LogP contribution in [-0.4, -0.2) is 35.5 Å². The van der Waals surface area contributed by atoms with Gasteiger partial charge in [-0.3, -0.25) is 0 Å². The molecule has 2 N–H and O–H groups in total. The maximum atomic E-state index is 12.9. The lowest BCUT2D eigenvalue weighted by molar-refractivity contribution is -0.145. The van der Waals surface area contributed by atoms with Gasteiger partial charge in [0.25, 0.3) is 0 Å². The van der Waals surface area contributed by atoms with E-state index in [2.05, 4.69) is 27.4 Å². The molecule has 1 aromatic carbocycles. The van der Waals surface area contributed by atoms with Crippen LogP contribution in [-0.2, 0) is 4.74 Å². The molecule has 0 spiro atoms. The summed E-state index contributed by atoms with van der Waals surface area (Å²) in [5, 5.41) is 19.6. The molecule has 4 heteroatoms. The first-order valence-electron chi connectivity index (χ1n) is 11.6. The van der Waals surface area contributed by atoms with Crippen molar-refractivity contribution in [2.24, 2.45) is 22.7 Å². The molecule has 31 heavy (non-hydrogen) atoms. The van der Waals surface area contributed by atoms with Gasteiger partial charge in [0, 0.05) is 18.9 Å². The van der Waals surface area contributed by atoms with E-state index in [0.29, 0.717) is 17.9 Å². The Bertz CT molecular complexity index is 814. The van der Waals surface area contributed by atoms with Crippen molar-refractivity contribution in [3.63, 3.8) is 0 Å².